The summed E-state index contributed by atoms with van der Waals surface area (Å²) in [7, 11) is -1.57. The summed E-state index contributed by atoms with van der Waals surface area (Å²) in [5.41, 5.74) is 0.511. The van der Waals surface area contributed by atoms with E-state index in [0.29, 0.717) is 29.2 Å². The maximum Gasteiger partial charge on any atom is 0.301 e. The molecular weight excluding hydrogens is 344 g/mol. The lowest BCUT2D eigenvalue weighted by Crippen LogP contribution is -2.43. The number of pyridine rings is 1. The molecule has 2 N–H and O–H groups in total. The molecular formula is C12H19BrN4O2S. The Bertz CT molecular complexity index is 544. The van der Waals surface area contributed by atoms with Crippen LogP contribution in [0.15, 0.2) is 22.9 Å². The lowest BCUT2D eigenvalue weighted by atomic mass is 9.98. The second kappa shape index (κ2) is 6.84. The molecule has 0 aromatic carbocycles. The van der Waals surface area contributed by atoms with Crippen LogP contribution in [0.1, 0.15) is 12.8 Å². The van der Waals surface area contributed by atoms with E-state index in [1.54, 1.807) is 18.5 Å². The molecule has 6 nitrogen and oxygen atoms in total. The van der Waals surface area contributed by atoms with Crippen molar-refractivity contribution in [3.8, 4) is 0 Å². The van der Waals surface area contributed by atoms with Gasteiger partial charge in [-0.1, -0.05) is 0 Å². The quantitative estimate of drug-likeness (QED) is 0.830. The highest BCUT2D eigenvalue weighted by molar-refractivity contribution is 9.10. The van der Waals surface area contributed by atoms with Gasteiger partial charge in [0.15, 0.2) is 0 Å². The zero-order valence-corrected chi connectivity index (χ0v) is 13.7. The fourth-order valence-electron chi connectivity index (χ4n) is 2.30. The third-order valence-corrected chi connectivity index (χ3v) is 5.57. The normalized spacial score (nSPS) is 18.1. The van der Waals surface area contributed by atoms with Crippen LogP contribution >= 0.6 is 15.9 Å². The van der Waals surface area contributed by atoms with Crippen molar-refractivity contribution in [3.63, 3.8) is 0 Å². The zero-order chi connectivity index (χ0) is 14.6. The van der Waals surface area contributed by atoms with Crippen LogP contribution in [0, 0.1) is 5.92 Å². The lowest BCUT2D eigenvalue weighted by Gasteiger charge is -2.31. The van der Waals surface area contributed by atoms with Crippen molar-refractivity contribution in [2.75, 3.05) is 31.4 Å². The van der Waals surface area contributed by atoms with Gasteiger partial charge in [0.05, 0.1) is 10.2 Å². The van der Waals surface area contributed by atoms with Gasteiger partial charge in [-0.25, -0.2) is 0 Å². The Morgan fingerprint density at radius 3 is 2.75 bits per heavy atom. The first-order valence-electron chi connectivity index (χ1n) is 6.55. The predicted octanol–water partition coefficient (Wildman–Crippen LogP) is 1.43. The minimum Gasteiger partial charge on any atom is -0.319 e. The van der Waals surface area contributed by atoms with Crippen LogP contribution in [-0.2, 0) is 10.2 Å². The van der Waals surface area contributed by atoms with Crippen LogP contribution in [0.3, 0.4) is 0 Å². The van der Waals surface area contributed by atoms with Gasteiger partial charge in [0.25, 0.3) is 0 Å². The first-order chi connectivity index (χ1) is 9.53. The smallest absolute Gasteiger partial charge is 0.301 e. The number of anilines is 1. The molecule has 1 aromatic rings. The monoisotopic (exact) mass is 362 g/mol. The van der Waals surface area contributed by atoms with Gasteiger partial charge in [-0.2, -0.15) is 12.7 Å². The number of nitrogens with zero attached hydrogens (tertiary/aromatic N) is 2. The molecule has 0 bridgehead atoms. The molecule has 112 valence electrons. The molecule has 0 saturated carbocycles. The molecule has 0 radical (unpaired) electrons. The summed E-state index contributed by atoms with van der Waals surface area (Å²) >= 11 is 3.29. The molecule has 2 rings (SSSR count). The Morgan fingerprint density at radius 1 is 1.45 bits per heavy atom. The molecule has 1 saturated heterocycles. The second-order valence-electron chi connectivity index (χ2n) is 4.86. The Morgan fingerprint density at radius 2 is 2.15 bits per heavy atom. The van der Waals surface area contributed by atoms with E-state index in [0.717, 1.165) is 19.4 Å². The number of nitrogens with one attached hydrogen (secondary N) is 2. The van der Waals surface area contributed by atoms with E-state index < -0.39 is 10.2 Å². The third-order valence-electron chi connectivity index (χ3n) is 3.42. The van der Waals surface area contributed by atoms with Crippen LogP contribution in [0.4, 0.5) is 5.69 Å². The zero-order valence-electron chi connectivity index (χ0n) is 11.3. The van der Waals surface area contributed by atoms with Crippen LogP contribution in [0.2, 0.25) is 0 Å². The van der Waals surface area contributed by atoms with Crippen molar-refractivity contribution >= 4 is 31.8 Å². The minimum absolute atomic E-state index is 0.511. The molecule has 0 amide bonds. The van der Waals surface area contributed by atoms with Crippen LogP contribution in [0.25, 0.3) is 0 Å². The number of hydrogen-bond acceptors (Lipinski definition) is 4. The highest BCUT2D eigenvalue weighted by Gasteiger charge is 2.28. The fourth-order valence-corrected chi connectivity index (χ4v) is 4.06. The maximum atomic E-state index is 12.3. The summed E-state index contributed by atoms with van der Waals surface area (Å²) in [6.45, 7) is 2.06. The van der Waals surface area contributed by atoms with Crippen molar-refractivity contribution in [3.05, 3.63) is 22.9 Å². The van der Waals surface area contributed by atoms with Crippen molar-refractivity contribution < 1.29 is 8.42 Å². The van der Waals surface area contributed by atoms with Gasteiger partial charge in [0, 0.05) is 25.5 Å². The summed E-state index contributed by atoms with van der Waals surface area (Å²) in [4.78, 5) is 3.92. The molecule has 1 aromatic heterocycles. The first kappa shape index (κ1) is 15.7. The van der Waals surface area contributed by atoms with Gasteiger partial charge in [-0.05, 0) is 54.3 Å². The summed E-state index contributed by atoms with van der Waals surface area (Å²) in [5, 5.41) is 3.14. The van der Waals surface area contributed by atoms with Crippen molar-refractivity contribution in [1.29, 1.82) is 0 Å². The molecule has 20 heavy (non-hydrogen) atoms. The maximum absolute atomic E-state index is 12.3. The summed E-state index contributed by atoms with van der Waals surface area (Å²) in [5.74, 6) is 0.555. The first-order valence-corrected chi connectivity index (χ1v) is 8.78. The van der Waals surface area contributed by atoms with E-state index >= 15 is 0 Å². The number of rotatable bonds is 5. The average Bonchev–Trinajstić information content (AvgIpc) is 2.42. The molecule has 0 unspecified atom stereocenters. The third kappa shape index (κ3) is 3.91. The van der Waals surface area contributed by atoms with Crippen LogP contribution in [0.5, 0.6) is 0 Å². The van der Waals surface area contributed by atoms with Gasteiger partial charge in [-0.15, -0.1) is 0 Å². The number of hydrogen-bond donors (Lipinski definition) is 2. The van der Waals surface area contributed by atoms with E-state index in [1.807, 2.05) is 7.05 Å². The Labute approximate surface area is 128 Å². The molecule has 2 heterocycles. The Kier molecular flexibility index (Phi) is 5.36. The largest absolute Gasteiger partial charge is 0.319 e. The van der Waals surface area contributed by atoms with Gasteiger partial charge in [0.1, 0.15) is 0 Å². The highest BCUT2D eigenvalue weighted by Crippen LogP contribution is 2.24. The standard InChI is InChI=1S/C12H19BrN4O2S/c1-14-8-10-3-6-17(7-4-10)20(18,19)16-12-2-5-15-9-11(12)13/h2,5,9-10,14H,3-4,6-8H2,1H3,(H,15,16). The molecule has 1 fully saturated rings. The van der Waals surface area contributed by atoms with Crippen molar-refractivity contribution in [2.24, 2.45) is 5.92 Å². The molecule has 0 atom stereocenters. The predicted molar refractivity (Wildman–Crippen MR) is 82.7 cm³/mol. The van der Waals surface area contributed by atoms with E-state index in [9.17, 15) is 8.42 Å². The van der Waals surface area contributed by atoms with Gasteiger partial charge >= 0.3 is 10.2 Å². The molecule has 1 aliphatic rings. The highest BCUT2D eigenvalue weighted by atomic mass is 79.9. The van der Waals surface area contributed by atoms with E-state index in [4.69, 9.17) is 0 Å². The van der Waals surface area contributed by atoms with Crippen LogP contribution in [-0.4, -0.2) is 44.4 Å². The summed E-state index contributed by atoms with van der Waals surface area (Å²) in [6, 6.07) is 1.63. The number of halogens is 1. The van der Waals surface area contributed by atoms with Crippen molar-refractivity contribution in [2.45, 2.75) is 12.8 Å². The van der Waals surface area contributed by atoms with Crippen molar-refractivity contribution in [1.82, 2.24) is 14.6 Å². The van der Waals surface area contributed by atoms with E-state index in [-0.39, 0.29) is 0 Å². The summed E-state index contributed by atoms with van der Waals surface area (Å²) < 4.78 is 29.4. The minimum atomic E-state index is -3.49. The average molecular weight is 363 g/mol. The molecule has 0 aliphatic carbocycles. The summed E-state index contributed by atoms with van der Waals surface area (Å²) in [6.07, 6.45) is 4.90. The van der Waals surface area contributed by atoms with E-state index in [1.165, 1.54) is 4.31 Å². The Balaban J connectivity index is 2.00. The topological polar surface area (TPSA) is 74.3 Å². The fraction of sp³-hybridized carbons (Fsp3) is 0.583. The van der Waals surface area contributed by atoms with Crippen LogP contribution < -0.4 is 10.0 Å². The number of piperidine rings is 1. The van der Waals surface area contributed by atoms with Gasteiger partial charge < -0.3 is 5.32 Å². The SMILES string of the molecule is CNCC1CCN(S(=O)(=O)Nc2ccncc2Br)CC1. The van der Waals surface area contributed by atoms with Gasteiger partial charge in [0.2, 0.25) is 0 Å². The Hall–Kier alpha value is -0.700. The number of aromatic nitrogens is 1. The lowest BCUT2D eigenvalue weighted by molar-refractivity contribution is 0.272. The van der Waals surface area contributed by atoms with Gasteiger partial charge in [-0.3, -0.25) is 9.71 Å². The molecule has 8 heteroatoms. The molecule has 1 aliphatic heterocycles. The second-order valence-corrected chi connectivity index (χ2v) is 7.39. The molecule has 0 spiro atoms. The van der Waals surface area contributed by atoms with E-state index in [2.05, 4.69) is 31.0 Å².